The SMILES string of the molecule is O=C(CSCc1ccccc1)N/N=C\c1ccc(OCC(=O)N2CCOCC2)cc1. The van der Waals surface area contributed by atoms with Crippen molar-refractivity contribution in [2.75, 3.05) is 38.7 Å². The first-order valence-electron chi connectivity index (χ1n) is 9.73. The summed E-state index contributed by atoms with van der Waals surface area (Å²) >= 11 is 1.54. The maximum absolute atomic E-state index is 12.1. The summed E-state index contributed by atoms with van der Waals surface area (Å²) < 4.78 is 10.8. The predicted molar refractivity (Wildman–Crippen MR) is 118 cm³/mol. The zero-order valence-electron chi connectivity index (χ0n) is 16.7. The van der Waals surface area contributed by atoms with Crippen molar-refractivity contribution < 1.29 is 19.1 Å². The number of hydrogen-bond donors (Lipinski definition) is 1. The lowest BCUT2D eigenvalue weighted by atomic mass is 10.2. The van der Waals surface area contributed by atoms with E-state index < -0.39 is 0 Å². The van der Waals surface area contributed by atoms with Gasteiger partial charge in [-0.2, -0.15) is 5.10 Å². The monoisotopic (exact) mass is 427 g/mol. The van der Waals surface area contributed by atoms with Gasteiger partial charge in [0.2, 0.25) is 5.91 Å². The average molecular weight is 428 g/mol. The highest BCUT2D eigenvalue weighted by Gasteiger charge is 2.17. The molecule has 0 aliphatic carbocycles. The molecule has 2 aromatic rings. The second-order valence-corrected chi connectivity index (χ2v) is 7.61. The van der Waals surface area contributed by atoms with E-state index in [2.05, 4.69) is 10.5 Å². The van der Waals surface area contributed by atoms with E-state index in [-0.39, 0.29) is 18.4 Å². The van der Waals surface area contributed by atoms with Gasteiger partial charge < -0.3 is 14.4 Å². The Morgan fingerprint density at radius 2 is 1.83 bits per heavy atom. The molecule has 1 saturated heterocycles. The van der Waals surface area contributed by atoms with Crippen LogP contribution in [0.15, 0.2) is 59.7 Å². The van der Waals surface area contributed by atoms with Crippen molar-refractivity contribution in [3.63, 3.8) is 0 Å². The van der Waals surface area contributed by atoms with Gasteiger partial charge in [0.15, 0.2) is 6.61 Å². The Hall–Kier alpha value is -2.84. The minimum absolute atomic E-state index is 0.00411. The van der Waals surface area contributed by atoms with Gasteiger partial charge in [0, 0.05) is 18.8 Å². The minimum atomic E-state index is -0.145. The van der Waals surface area contributed by atoms with Crippen LogP contribution < -0.4 is 10.2 Å². The van der Waals surface area contributed by atoms with E-state index in [1.165, 1.54) is 5.56 Å². The normalized spacial score (nSPS) is 13.9. The first-order valence-corrected chi connectivity index (χ1v) is 10.9. The molecule has 0 unspecified atom stereocenters. The molecular formula is C22H25N3O4S. The van der Waals surface area contributed by atoms with Crippen LogP contribution in [-0.2, 0) is 20.1 Å². The van der Waals surface area contributed by atoms with Crippen molar-refractivity contribution in [3.05, 3.63) is 65.7 Å². The van der Waals surface area contributed by atoms with Gasteiger partial charge in [0.25, 0.3) is 5.91 Å². The van der Waals surface area contributed by atoms with Gasteiger partial charge in [-0.1, -0.05) is 30.3 Å². The number of hydrazone groups is 1. The molecule has 1 fully saturated rings. The van der Waals surface area contributed by atoms with Crippen molar-refractivity contribution in [2.24, 2.45) is 5.10 Å². The number of hydrogen-bond acceptors (Lipinski definition) is 6. The Labute approximate surface area is 180 Å². The zero-order chi connectivity index (χ0) is 21.0. The van der Waals surface area contributed by atoms with Crippen LogP contribution in [0.3, 0.4) is 0 Å². The summed E-state index contributed by atoms with van der Waals surface area (Å²) in [5, 5.41) is 3.98. The molecule has 0 atom stereocenters. The molecule has 0 bridgehead atoms. The van der Waals surface area contributed by atoms with Crippen LogP contribution in [0.4, 0.5) is 0 Å². The molecule has 7 nitrogen and oxygen atoms in total. The molecule has 1 aliphatic rings. The van der Waals surface area contributed by atoms with E-state index in [1.807, 2.05) is 42.5 Å². The van der Waals surface area contributed by atoms with Gasteiger partial charge in [-0.3, -0.25) is 9.59 Å². The van der Waals surface area contributed by atoms with E-state index in [1.54, 1.807) is 35.0 Å². The lowest BCUT2D eigenvalue weighted by Crippen LogP contribution is -2.42. The fourth-order valence-electron chi connectivity index (χ4n) is 2.75. The van der Waals surface area contributed by atoms with Gasteiger partial charge in [0.1, 0.15) is 5.75 Å². The molecular weight excluding hydrogens is 402 g/mol. The standard InChI is InChI=1S/C22H25N3O4S/c26-21(17-30-16-19-4-2-1-3-5-19)24-23-14-18-6-8-20(9-7-18)29-15-22(27)25-10-12-28-13-11-25/h1-9,14H,10-13,15-17H2,(H,24,26)/b23-14-. The molecule has 158 valence electrons. The first-order chi connectivity index (χ1) is 14.7. The second-order valence-electron chi connectivity index (χ2n) is 6.62. The topological polar surface area (TPSA) is 80.2 Å². The van der Waals surface area contributed by atoms with Crippen LogP contribution in [0, 0.1) is 0 Å². The van der Waals surface area contributed by atoms with Gasteiger partial charge >= 0.3 is 0 Å². The molecule has 0 spiro atoms. The highest BCUT2D eigenvalue weighted by Crippen LogP contribution is 2.12. The molecule has 2 aromatic carbocycles. The summed E-state index contributed by atoms with van der Waals surface area (Å²) in [6.07, 6.45) is 1.57. The number of carbonyl (C=O) groups is 2. The zero-order valence-corrected chi connectivity index (χ0v) is 17.5. The van der Waals surface area contributed by atoms with Crippen molar-refractivity contribution >= 4 is 29.8 Å². The maximum atomic E-state index is 12.1. The van der Waals surface area contributed by atoms with Gasteiger partial charge in [-0.05, 0) is 35.4 Å². The lowest BCUT2D eigenvalue weighted by Gasteiger charge is -2.26. The number of benzene rings is 2. The van der Waals surface area contributed by atoms with Gasteiger partial charge in [-0.15, -0.1) is 11.8 Å². The van der Waals surface area contributed by atoms with Crippen molar-refractivity contribution in [1.29, 1.82) is 0 Å². The van der Waals surface area contributed by atoms with Crippen LogP contribution in [0.25, 0.3) is 0 Å². The molecule has 0 aromatic heterocycles. The van der Waals surface area contributed by atoms with Crippen LogP contribution >= 0.6 is 11.8 Å². The smallest absolute Gasteiger partial charge is 0.260 e. The molecule has 30 heavy (non-hydrogen) atoms. The molecule has 1 N–H and O–H groups in total. The van der Waals surface area contributed by atoms with Gasteiger partial charge in [0.05, 0.1) is 25.2 Å². The van der Waals surface area contributed by atoms with Crippen molar-refractivity contribution in [2.45, 2.75) is 5.75 Å². The van der Waals surface area contributed by atoms with E-state index in [9.17, 15) is 9.59 Å². The van der Waals surface area contributed by atoms with Crippen molar-refractivity contribution in [3.8, 4) is 5.75 Å². The molecule has 3 rings (SSSR count). The first kappa shape index (κ1) is 21.9. The number of nitrogens with zero attached hydrogens (tertiary/aromatic N) is 2. The Balaban J connectivity index is 1.34. The number of morpholine rings is 1. The quantitative estimate of drug-likeness (QED) is 0.491. The molecule has 1 heterocycles. The summed E-state index contributed by atoms with van der Waals surface area (Å²) in [6, 6.07) is 17.2. The molecule has 1 aliphatic heterocycles. The average Bonchev–Trinajstić information content (AvgIpc) is 2.79. The maximum Gasteiger partial charge on any atom is 0.260 e. The predicted octanol–water partition coefficient (Wildman–Crippen LogP) is 2.31. The number of ether oxygens (including phenoxy) is 2. The number of rotatable bonds is 9. The Kier molecular flexibility index (Phi) is 8.74. The number of nitrogens with one attached hydrogen (secondary N) is 1. The summed E-state index contributed by atoms with van der Waals surface area (Å²) in [7, 11) is 0. The molecule has 2 amide bonds. The van der Waals surface area contributed by atoms with Crippen molar-refractivity contribution in [1.82, 2.24) is 10.3 Å². The third-order valence-electron chi connectivity index (χ3n) is 4.35. The van der Waals surface area contributed by atoms with E-state index in [0.29, 0.717) is 37.8 Å². The van der Waals surface area contributed by atoms with Crippen LogP contribution in [0.1, 0.15) is 11.1 Å². The number of carbonyl (C=O) groups excluding carboxylic acids is 2. The third-order valence-corrected chi connectivity index (χ3v) is 5.36. The number of thioether (sulfide) groups is 1. The number of amides is 2. The highest BCUT2D eigenvalue weighted by molar-refractivity contribution is 7.99. The summed E-state index contributed by atoms with van der Waals surface area (Å²) in [6.45, 7) is 2.36. The highest BCUT2D eigenvalue weighted by atomic mass is 32.2. The van der Waals surface area contributed by atoms with Crippen LogP contribution in [-0.4, -0.2) is 61.6 Å². The summed E-state index contributed by atoms with van der Waals surface area (Å²) in [5.74, 6) is 1.55. The summed E-state index contributed by atoms with van der Waals surface area (Å²) in [4.78, 5) is 25.7. The van der Waals surface area contributed by atoms with Crippen LogP contribution in [0.2, 0.25) is 0 Å². The fourth-order valence-corrected chi connectivity index (χ4v) is 3.53. The molecule has 8 heteroatoms. The molecule has 0 saturated carbocycles. The summed E-state index contributed by atoms with van der Waals surface area (Å²) in [5.41, 5.74) is 4.53. The van der Waals surface area contributed by atoms with Crippen LogP contribution in [0.5, 0.6) is 5.75 Å². The van der Waals surface area contributed by atoms with E-state index in [0.717, 1.165) is 11.3 Å². The lowest BCUT2D eigenvalue weighted by molar-refractivity contribution is -0.137. The van der Waals surface area contributed by atoms with E-state index >= 15 is 0 Å². The Morgan fingerprint density at radius 1 is 1.10 bits per heavy atom. The fraction of sp³-hybridized carbons (Fsp3) is 0.318. The molecule has 0 radical (unpaired) electrons. The Bertz CT molecular complexity index is 837. The largest absolute Gasteiger partial charge is 0.484 e. The van der Waals surface area contributed by atoms with E-state index in [4.69, 9.17) is 9.47 Å². The second kappa shape index (κ2) is 12.0. The Morgan fingerprint density at radius 3 is 2.57 bits per heavy atom. The third kappa shape index (κ3) is 7.53. The minimum Gasteiger partial charge on any atom is -0.484 e. The van der Waals surface area contributed by atoms with Gasteiger partial charge in [-0.25, -0.2) is 5.43 Å².